The first-order valence-electron chi connectivity index (χ1n) is 14.1. The quantitative estimate of drug-likeness (QED) is 0.388. The molecule has 2 saturated heterocycles. The molecule has 0 radical (unpaired) electrons. The normalized spacial score (nSPS) is 20.2. The van der Waals surface area contributed by atoms with E-state index in [1.54, 1.807) is 11.8 Å². The van der Waals surface area contributed by atoms with E-state index in [-0.39, 0.29) is 6.04 Å². The average molecular weight is 565 g/mol. The summed E-state index contributed by atoms with van der Waals surface area (Å²) >= 11 is 8.36. The highest BCUT2D eigenvalue weighted by Crippen LogP contribution is 2.37. The second kappa shape index (κ2) is 11.5. The number of halogens is 1. The van der Waals surface area contributed by atoms with Crippen molar-refractivity contribution >= 4 is 58.2 Å². The molecule has 10 heteroatoms. The van der Waals surface area contributed by atoms with E-state index in [1.165, 1.54) is 25.7 Å². The second-order valence-corrected chi connectivity index (χ2v) is 12.2. The van der Waals surface area contributed by atoms with E-state index in [0.29, 0.717) is 16.0 Å². The zero-order valence-corrected chi connectivity index (χ0v) is 24.1. The second-order valence-electron chi connectivity index (χ2n) is 10.8. The first-order chi connectivity index (χ1) is 19.0. The van der Waals surface area contributed by atoms with Crippen LogP contribution in [0.2, 0.25) is 5.02 Å². The van der Waals surface area contributed by atoms with Crippen molar-refractivity contribution in [1.29, 1.82) is 0 Å². The van der Waals surface area contributed by atoms with Gasteiger partial charge in [-0.3, -0.25) is 4.90 Å². The molecule has 6 rings (SSSR count). The first kappa shape index (κ1) is 26.6. The standard InChI is InChI=1S/C29H37ClN8S/c1-2-23-25(30)24-27(34-23)35-29(36-28(24)38-13-10-19(31)16-38)39-21-8-7-9-22-18(15-21)14-20(33-26(22)32)17-37-11-5-3-4-6-12-37/h8-9,14-15,19H,2-7,10-13,16-17,31H2,1H3,(H2,32,33)(H,34,35,36). The molecule has 0 aromatic carbocycles. The lowest BCUT2D eigenvalue weighted by Crippen LogP contribution is -2.32. The van der Waals surface area contributed by atoms with Gasteiger partial charge >= 0.3 is 0 Å². The molecule has 0 amide bonds. The summed E-state index contributed by atoms with van der Waals surface area (Å²) in [5.74, 6) is 1.47. The number of nitrogen functional groups attached to an aromatic ring is 1. The number of anilines is 2. The monoisotopic (exact) mass is 564 g/mol. The smallest absolute Gasteiger partial charge is 0.196 e. The van der Waals surface area contributed by atoms with Crippen molar-refractivity contribution < 1.29 is 0 Å². The van der Waals surface area contributed by atoms with Crippen LogP contribution in [0.3, 0.4) is 0 Å². The van der Waals surface area contributed by atoms with Crippen LogP contribution >= 0.6 is 23.4 Å². The number of H-pyrrole nitrogens is 1. The Kier molecular flexibility index (Phi) is 7.84. The Morgan fingerprint density at radius 1 is 1.10 bits per heavy atom. The van der Waals surface area contributed by atoms with Crippen molar-refractivity contribution in [2.75, 3.05) is 36.8 Å². The van der Waals surface area contributed by atoms with E-state index in [9.17, 15) is 0 Å². The number of allylic oxidation sites excluding steroid dienone is 2. The molecule has 0 bridgehead atoms. The third-order valence-corrected chi connectivity index (χ3v) is 9.21. The lowest BCUT2D eigenvalue weighted by Gasteiger charge is -2.19. The number of nitrogens with one attached hydrogen (secondary N) is 1. The zero-order valence-electron chi connectivity index (χ0n) is 22.5. The highest BCUT2D eigenvalue weighted by atomic mass is 35.5. The number of hydrogen-bond donors (Lipinski definition) is 3. The van der Waals surface area contributed by atoms with Gasteiger partial charge in [-0.25, -0.2) is 15.0 Å². The Hall–Kier alpha value is -2.59. The van der Waals surface area contributed by atoms with Crippen LogP contribution in [0.5, 0.6) is 0 Å². The molecule has 206 valence electrons. The summed E-state index contributed by atoms with van der Waals surface area (Å²) in [7, 11) is 0. The molecule has 1 atom stereocenters. The summed E-state index contributed by atoms with van der Waals surface area (Å²) in [6.45, 7) is 6.81. The van der Waals surface area contributed by atoms with Crippen molar-refractivity contribution in [3.05, 3.63) is 43.9 Å². The number of pyridine rings is 1. The van der Waals surface area contributed by atoms with E-state index < -0.39 is 0 Å². The molecular formula is C29H37ClN8S. The van der Waals surface area contributed by atoms with Gasteiger partial charge in [0.25, 0.3) is 0 Å². The maximum Gasteiger partial charge on any atom is 0.196 e. The van der Waals surface area contributed by atoms with Crippen molar-refractivity contribution in [2.24, 2.45) is 5.73 Å². The molecule has 2 aliphatic heterocycles. The van der Waals surface area contributed by atoms with Crippen LogP contribution in [-0.2, 0) is 13.0 Å². The molecule has 5 N–H and O–H groups in total. The number of rotatable bonds is 6. The molecule has 3 aliphatic rings. The number of likely N-dealkylation sites (tertiary alicyclic amines) is 1. The van der Waals surface area contributed by atoms with Crippen LogP contribution in [0.25, 0.3) is 23.2 Å². The Morgan fingerprint density at radius 2 is 1.92 bits per heavy atom. The van der Waals surface area contributed by atoms with E-state index in [1.807, 2.05) is 0 Å². The van der Waals surface area contributed by atoms with Crippen molar-refractivity contribution in [2.45, 2.75) is 69.6 Å². The maximum absolute atomic E-state index is 6.79. The molecular weight excluding hydrogens is 528 g/mol. The summed E-state index contributed by atoms with van der Waals surface area (Å²) in [5, 5.41) is 4.40. The van der Waals surface area contributed by atoms with E-state index >= 15 is 0 Å². The number of hydrogen-bond acceptors (Lipinski definition) is 8. The van der Waals surface area contributed by atoms with E-state index in [2.05, 4.69) is 46.0 Å². The lowest BCUT2D eigenvalue weighted by atomic mass is 10.2. The van der Waals surface area contributed by atoms with Crippen LogP contribution in [0, 0.1) is 0 Å². The fourth-order valence-corrected chi connectivity index (χ4v) is 7.05. The Balaban J connectivity index is 1.33. The fourth-order valence-electron chi connectivity index (χ4n) is 5.85. The number of aromatic amines is 1. The minimum atomic E-state index is 0.141. The molecule has 3 aromatic rings. The lowest BCUT2D eigenvalue weighted by molar-refractivity contribution is 0.274. The Morgan fingerprint density at radius 3 is 2.67 bits per heavy atom. The average Bonchev–Trinajstić information content (AvgIpc) is 3.28. The van der Waals surface area contributed by atoms with Gasteiger partial charge in [-0.15, -0.1) is 0 Å². The fraction of sp³-hybridized carbons (Fsp3) is 0.483. The predicted molar refractivity (Wildman–Crippen MR) is 162 cm³/mol. The highest BCUT2D eigenvalue weighted by molar-refractivity contribution is 8.03. The number of nitrogens with two attached hydrogens (primary N) is 2. The predicted octanol–water partition coefficient (Wildman–Crippen LogP) is 3.71. The van der Waals surface area contributed by atoms with Crippen molar-refractivity contribution in [3.8, 4) is 0 Å². The topological polar surface area (TPSA) is 113 Å². The van der Waals surface area contributed by atoms with E-state index in [0.717, 1.165) is 95.6 Å². The maximum atomic E-state index is 6.79. The molecule has 1 unspecified atom stereocenters. The summed E-state index contributed by atoms with van der Waals surface area (Å²) in [6, 6.07) is 2.34. The molecule has 1 aliphatic carbocycles. The third kappa shape index (κ3) is 5.68. The minimum absolute atomic E-state index is 0.141. The molecule has 5 heterocycles. The summed E-state index contributed by atoms with van der Waals surface area (Å²) < 4.78 is 0. The van der Waals surface area contributed by atoms with Crippen LogP contribution in [0.15, 0.2) is 22.2 Å². The Labute approximate surface area is 238 Å². The molecule has 0 spiro atoms. The van der Waals surface area contributed by atoms with Crippen LogP contribution < -0.4 is 26.8 Å². The summed E-state index contributed by atoms with van der Waals surface area (Å²) in [6.07, 6.45) is 14.2. The van der Waals surface area contributed by atoms with E-state index in [4.69, 9.17) is 38.0 Å². The molecule has 39 heavy (non-hydrogen) atoms. The SMILES string of the molecule is CCc1[nH]c2nc(SC3=CCC=c4c(N)nc(CN5CCCCCC5)cc4=C3)nc(N3CCC(N)C3)c2c1Cl. The highest BCUT2D eigenvalue weighted by Gasteiger charge is 2.26. The molecule has 8 nitrogen and oxygen atoms in total. The van der Waals surface area contributed by atoms with Crippen molar-refractivity contribution in [1.82, 2.24) is 24.8 Å². The number of aromatic nitrogens is 4. The van der Waals surface area contributed by atoms with Crippen molar-refractivity contribution in [3.63, 3.8) is 0 Å². The summed E-state index contributed by atoms with van der Waals surface area (Å²) in [4.78, 5) is 24.0. The Bertz CT molecular complexity index is 1520. The van der Waals surface area contributed by atoms with Crippen LogP contribution in [0.4, 0.5) is 11.6 Å². The van der Waals surface area contributed by atoms with Gasteiger partial charge in [0.15, 0.2) is 5.16 Å². The number of fused-ring (bicyclic) bond motifs is 2. The zero-order chi connectivity index (χ0) is 26.9. The number of thioether (sulfide) groups is 1. The van der Waals surface area contributed by atoms with Gasteiger partial charge in [-0.2, -0.15) is 0 Å². The van der Waals surface area contributed by atoms with Gasteiger partial charge in [-0.05, 0) is 62.6 Å². The van der Waals surface area contributed by atoms with Gasteiger partial charge < -0.3 is 21.4 Å². The molecule has 0 saturated carbocycles. The molecule has 3 aromatic heterocycles. The summed E-state index contributed by atoms with van der Waals surface area (Å²) in [5.41, 5.74) is 15.5. The molecule has 2 fully saturated rings. The van der Waals surface area contributed by atoms with Gasteiger partial charge in [0.05, 0.1) is 16.1 Å². The third-order valence-electron chi connectivity index (χ3n) is 7.91. The van der Waals surface area contributed by atoms with Gasteiger partial charge in [-0.1, -0.05) is 55.3 Å². The van der Waals surface area contributed by atoms with Gasteiger partial charge in [0, 0.05) is 41.5 Å². The van der Waals surface area contributed by atoms with Gasteiger partial charge in [0.1, 0.15) is 17.3 Å². The van der Waals surface area contributed by atoms with Gasteiger partial charge in [0.2, 0.25) is 0 Å². The number of nitrogens with zero attached hydrogens (tertiary/aromatic N) is 5. The first-order valence-corrected chi connectivity index (χ1v) is 15.3. The van der Waals surface area contributed by atoms with Crippen LogP contribution in [0.1, 0.15) is 56.8 Å². The largest absolute Gasteiger partial charge is 0.383 e. The minimum Gasteiger partial charge on any atom is -0.383 e. The number of aryl methyl sites for hydroxylation is 1. The van der Waals surface area contributed by atoms with Crippen LogP contribution in [-0.4, -0.2) is 57.1 Å².